The van der Waals surface area contributed by atoms with Crippen molar-refractivity contribution >= 4 is 21.7 Å². The third kappa shape index (κ3) is 3.95. The van der Waals surface area contributed by atoms with E-state index in [1.54, 1.807) is 0 Å². The van der Waals surface area contributed by atoms with E-state index in [1.165, 1.54) is 12.0 Å². The maximum atomic E-state index is 4.68. The highest BCUT2D eigenvalue weighted by Crippen LogP contribution is 2.29. The van der Waals surface area contributed by atoms with Crippen molar-refractivity contribution < 1.29 is 0 Å². The lowest BCUT2D eigenvalue weighted by Gasteiger charge is -2.37. The number of rotatable bonds is 4. The Bertz CT molecular complexity index is 447. The molecule has 1 aliphatic heterocycles. The molecule has 0 spiro atoms. The lowest BCUT2D eigenvalue weighted by Crippen LogP contribution is -2.39. The van der Waals surface area contributed by atoms with Gasteiger partial charge in [0.1, 0.15) is 5.82 Å². The number of nitrogens with one attached hydrogen (secondary N) is 1. The van der Waals surface area contributed by atoms with Crippen molar-refractivity contribution in [2.75, 3.05) is 18.0 Å². The van der Waals surface area contributed by atoms with Crippen LogP contribution in [0.15, 0.2) is 16.7 Å². The monoisotopic (exact) mass is 339 g/mol. The summed E-state index contributed by atoms with van der Waals surface area (Å²) in [5.74, 6) is 2.71. The third-order valence-electron chi connectivity index (χ3n) is 4.24. The number of aromatic nitrogens is 1. The summed E-state index contributed by atoms with van der Waals surface area (Å²) in [6, 6.07) is 2.68. The van der Waals surface area contributed by atoms with E-state index < -0.39 is 0 Å². The van der Waals surface area contributed by atoms with Crippen LogP contribution in [0, 0.1) is 11.8 Å². The largest absolute Gasteiger partial charge is 0.356 e. The third-order valence-corrected chi connectivity index (χ3v) is 4.68. The molecule has 4 heteroatoms. The normalized spacial score (nSPS) is 23.4. The Hall–Kier alpha value is -0.610. The zero-order valence-corrected chi connectivity index (χ0v) is 14.6. The molecule has 20 heavy (non-hydrogen) atoms. The van der Waals surface area contributed by atoms with Gasteiger partial charge >= 0.3 is 0 Å². The minimum Gasteiger partial charge on any atom is -0.356 e. The van der Waals surface area contributed by atoms with Gasteiger partial charge in [0.05, 0.1) is 0 Å². The second-order valence-electron chi connectivity index (χ2n) is 6.36. The first-order valence-electron chi connectivity index (χ1n) is 7.60. The maximum absolute atomic E-state index is 4.68. The fraction of sp³-hybridized carbons (Fsp3) is 0.688. The highest BCUT2D eigenvalue weighted by atomic mass is 79.9. The first kappa shape index (κ1) is 15.8. The zero-order valence-electron chi connectivity index (χ0n) is 13.0. The van der Waals surface area contributed by atoms with Crippen molar-refractivity contribution in [1.29, 1.82) is 0 Å². The summed E-state index contributed by atoms with van der Waals surface area (Å²) in [5, 5.41) is 3.50. The van der Waals surface area contributed by atoms with E-state index in [4.69, 9.17) is 0 Å². The van der Waals surface area contributed by atoms with Crippen LogP contribution in [-0.2, 0) is 6.54 Å². The smallest absolute Gasteiger partial charge is 0.133 e. The number of pyridine rings is 1. The second-order valence-corrected chi connectivity index (χ2v) is 7.28. The quantitative estimate of drug-likeness (QED) is 0.903. The molecule has 0 radical (unpaired) electrons. The highest BCUT2D eigenvalue weighted by Gasteiger charge is 2.24. The van der Waals surface area contributed by atoms with Crippen LogP contribution in [0.25, 0.3) is 0 Å². The van der Waals surface area contributed by atoms with E-state index in [2.05, 4.69) is 64.9 Å². The van der Waals surface area contributed by atoms with E-state index in [0.717, 1.165) is 41.8 Å². The molecule has 1 aromatic rings. The van der Waals surface area contributed by atoms with Crippen LogP contribution in [0.2, 0.25) is 0 Å². The molecule has 3 nitrogen and oxygen atoms in total. The summed E-state index contributed by atoms with van der Waals surface area (Å²) < 4.78 is 1.06. The molecule has 0 aliphatic carbocycles. The van der Waals surface area contributed by atoms with Crippen LogP contribution < -0.4 is 10.2 Å². The molecule has 2 heterocycles. The molecule has 1 saturated heterocycles. The van der Waals surface area contributed by atoms with E-state index in [9.17, 15) is 0 Å². The van der Waals surface area contributed by atoms with E-state index in [1.807, 2.05) is 6.20 Å². The highest BCUT2D eigenvalue weighted by molar-refractivity contribution is 9.10. The minimum absolute atomic E-state index is 0.488. The van der Waals surface area contributed by atoms with Gasteiger partial charge in [0.15, 0.2) is 0 Å². The van der Waals surface area contributed by atoms with Crippen molar-refractivity contribution in [3.05, 3.63) is 22.3 Å². The van der Waals surface area contributed by atoms with Gasteiger partial charge < -0.3 is 10.2 Å². The van der Waals surface area contributed by atoms with Gasteiger partial charge in [0.25, 0.3) is 0 Å². The Kier molecular flexibility index (Phi) is 5.44. The molecular weight excluding hydrogens is 314 g/mol. The molecule has 1 N–H and O–H groups in total. The van der Waals surface area contributed by atoms with Crippen LogP contribution >= 0.6 is 15.9 Å². The van der Waals surface area contributed by atoms with Gasteiger partial charge in [0.2, 0.25) is 0 Å². The molecule has 2 unspecified atom stereocenters. The van der Waals surface area contributed by atoms with Crippen LogP contribution in [-0.4, -0.2) is 24.1 Å². The molecule has 112 valence electrons. The average molecular weight is 340 g/mol. The molecule has 2 atom stereocenters. The lowest BCUT2D eigenvalue weighted by atomic mass is 9.88. The maximum Gasteiger partial charge on any atom is 0.133 e. The Morgan fingerprint density at radius 3 is 2.80 bits per heavy atom. The van der Waals surface area contributed by atoms with Crippen molar-refractivity contribution in [1.82, 2.24) is 10.3 Å². The molecule has 1 aliphatic rings. The number of nitrogens with zero attached hydrogens (tertiary/aromatic N) is 2. The molecule has 0 aromatic carbocycles. The summed E-state index contributed by atoms with van der Waals surface area (Å²) in [5.41, 5.74) is 1.29. The lowest BCUT2D eigenvalue weighted by molar-refractivity contribution is 0.322. The van der Waals surface area contributed by atoms with Gasteiger partial charge in [-0.3, -0.25) is 0 Å². The minimum atomic E-state index is 0.488. The van der Waals surface area contributed by atoms with Crippen LogP contribution in [0.4, 0.5) is 5.82 Å². The van der Waals surface area contributed by atoms with Gasteiger partial charge in [0, 0.05) is 41.9 Å². The van der Waals surface area contributed by atoms with Crippen LogP contribution in [0.1, 0.15) is 39.7 Å². The number of piperidine rings is 1. The van der Waals surface area contributed by atoms with E-state index in [0.29, 0.717) is 6.04 Å². The summed E-state index contributed by atoms with van der Waals surface area (Å²) in [6.07, 6.45) is 3.17. The predicted octanol–water partition coefficient (Wildman–Crippen LogP) is 3.82. The molecule has 1 fully saturated rings. The molecule has 1 aromatic heterocycles. The van der Waals surface area contributed by atoms with Crippen LogP contribution in [0.3, 0.4) is 0 Å². The van der Waals surface area contributed by atoms with Gasteiger partial charge in [-0.25, -0.2) is 4.98 Å². The summed E-state index contributed by atoms with van der Waals surface area (Å²) >= 11 is 3.54. The fourth-order valence-corrected chi connectivity index (χ4v) is 3.04. The first-order valence-corrected chi connectivity index (χ1v) is 8.39. The Morgan fingerprint density at radius 2 is 2.15 bits per heavy atom. The number of anilines is 1. The van der Waals surface area contributed by atoms with Gasteiger partial charge in [-0.05, 0) is 40.3 Å². The zero-order chi connectivity index (χ0) is 14.7. The standard InChI is InChI=1S/C16H26BrN3/c1-11(2)18-8-14-7-15(17)9-19-16(14)20-6-5-12(3)13(4)10-20/h7,9,11-13,18H,5-6,8,10H2,1-4H3. The topological polar surface area (TPSA) is 28.2 Å². The average Bonchev–Trinajstić information content (AvgIpc) is 2.40. The molecule has 0 bridgehead atoms. The summed E-state index contributed by atoms with van der Waals surface area (Å²) in [4.78, 5) is 7.13. The Balaban J connectivity index is 2.17. The number of halogens is 1. The fourth-order valence-electron chi connectivity index (χ4n) is 2.66. The van der Waals surface area contributed by atoms with Gasteiger partial charge in [-0.1, -0.05) is 27.7 Å². The Labute approximate surface area is 131 Å². The van der Waals surface area contributed by atoms with Crippen molar-refractivity contribution in [2.45, 2.75) is 46.7 Å². The van der Waals surface area contributed by atoms with Crippen LogP contribution in [0.5, 0.6) is 0 Å². The van der Waals surface area contributed by atoms with E-state index in [-0.39, 0.29) is 0 Å². The second kappa shape index (κ2) is 6.90. The van der Waals surface area contributed by atoms with Gasteiger partial charge in [-0.15, -0.1) is 0 Å². The van der Waals surface area contributed by atoms with Crippen molar-refractivity contribution in [3.8, 4) is 0 Å². The first-order chi connectivity index (χ1) is 9.47. The SMILES string of the molecule is CC(C)NCc1cc(Br)cnc1N1CCC(C)C(C)C1. The molecular formula is C16H26BrN3. The predicted molar refractivity (Wildman–Crippen MR) is 89.1 cm³/mol. The molecule has 0 saturated carbocycles. The Morgan fingerprint density at radius 1 is 1.40 bits per heavy atom. The summed E-state index contributed by atoms with van der Waals surface area (Å²) in [7, 11) is 0. The number of hydrogen-bond donors (Lipinski definition) is 1. The summed E-state index contributed by atoms with van der Waals surface area (Å²) in [6.45, 7) is 12.2. The molecule has 0 amide bonds. The van der Waals surface area contributed by atoms with E-state index >= 15 is 0 Å². The van der Waals surface area contributed by atoms with Gasteiger partial charge in [-0.2, -0.15) is 0 Å². The van der Waals surface area contributed by atoms with Crippen molar-refractivity contribution in [2.24, 2.45) is 11.8 Å². The number of hydrogen-bond acceptors (Lipinski definition) is 3. The molecule has 2 rings (SSSR count). The van der Waals surface area contributed by atoms with Crippen molar-refractivity contribution in [3.63, 3.8) is 0 Å².